The summed E-state index contributed by atoms with van der Waals surface area (Å²) in [5.74, 6) is 0.0494. The van der Waals surface area contributed by atoms with Crippen LogP contribution >= 0.6 is 23.4 Å². The van der Waals surface area contributed by atoms with Crippen LogP contribution in [0.1, 0.15) is 72.9 Å². The highest BCUT2D eigenvalue weighted by atomic mass is 35.5. The molecular weight excluding hydrogens is 514 g/mol. The highest BCUT2D eigenvalue weighted by Gasteiger charge is 2.40. The summed E-state index contributed by atoms with van der Waals surface area (Å²) < 4.78 is 0. The Morgan fingerprint density at radius 1 is 1.00 bits per heavy atom. The van der Waals surface area contributed by atoms with Gasteiger partial charge in [-0.2, -0.15) is 0 Å². The number of halogens is 1. The van der Waals surface area contributed by atoms with Crippen molar-refractivity contribution in [1.29, 1.82) is 0 Å². The van der Waals surface area contributed by atoms with E-state index < -0.39 is 0 Å². The Morgan fingerprint density at radius 2 is 1.76 bits per heavy atom. The number of hydrogen-bond donors (Lipinski definition) is 1. The lowest BCUT2D eigenvalue weighted by atomic mass is 9.92. The number of carbonyl (C=O) groups is 2. The Balaban J connectivity index is 1.23. The second-order valence-corrected chi connectivity index (χ2v) is 12.4. The molecule has 5 rings (SSSR count). The molecule has 38 heavy (non-hydrogen) atoms. The minimum atomic E-state index is -0.0418. The number of thioether (sulfide) groups is 1. The van der Waals surface area contributed by atoms with Crippen molar-refractivity contribution in [3.05, 3.63) is 75.1 Å². The summed E-state index contributed by atoms with van der Waals surface area (Å²) in [5.41, 5.74) is 2.66. The number of amides is 2. The molecule has 3 fully saturated rings. The van der Waals surface area contributed by atoms with Gasteiger partial charge < -0.3 is 15.1 Å². The topological polar surface area (TPSA) is 52.7 Å². The molecule has 2 aliphatic heterocycles. The number of rotatable bonds is 7. The zero-order chi connectivity index (χ0) is 26.3. The van der Waals surface area contributed by atoms with E-state index in [1.807, 2.05) is 54.6 Å². The maximum absolute atomic E-state index is 13.7. The number of benzene rings is 2. The Bertz CT molecular complexity index is 1140. The Hall–Kier alpha value is -2.28. The van der Waals surface area contributed by atoms with Crippen LogP contribution in [0.25, 0.3) is 6.08 Å². The van der Waals surface area contributed by atoms with Gasteiger partial charge in [-0.3, -0.25) is 9.59 Å². The molecule has 1 aliphatic carbocycles. The molecular formula is C31H38ClN3O2S. The molecule has 5 nitrogen and oxygen atoms in total. The molecule has 2 aromatic rings. The Morgan fingerprint density at radius 3 is 2.53 bits per heavy atom. The van der Waals surface area contributed by atoms with Gasteiger partial charge in [-0.05, 0) is 80.2 Å². The molecule has 3 aliphatic rings. The van der Waals surface area contributed by atoms with Crippen molar-refractivity contribution in [2.75, 3.05) is 26.2 Å². The van der Waals surface area contributed by atoms with Gasteiger partial charge in [0, 0.05) is 41.5 Å². The number of nitrogens with zero attached hydrogens (tertiary/aromatic N) is 2. The van der Waals surface area contributed by atoms with Crippen LogP contribution in [-0.2, 0) is 11.3 Å². The van der Waals surface area contributed by atoms with E-state index in [1.54, 1.807) is 11.8 Å². The van der Waals surface area contributed by atoms with Crippen molar-refractivity contribution in [3.8, 4) is 0 Å². The number of likely N-dealkylation sites (tertiary alicyclic amines) is 1. The number of hydrogen-bond acceptors (Lipinski definition) is 4. The molecule has 0 radical (unpaired) electrons. The van der Waals surface area contributed by atoms with E-state index in [-0.39, 0.29) is 17.9 Å². The summed E-state index contributed by atoms with van der Waals surface area (Å²) in [6.07, 6.45) is 11.7. The number of nitrogens with one attached hydrogen (secondary N) is 1. The summed E-state index contributed by atoms with van der Waals surface area (Å²) >= 11 is 7.96. The first kappa shape index (κ1) is 27.3. The van der Waals surface area contributed by atoms with Gasteiger partial charge in [-0.15, -0.1) is 11.8 Å². The molecule has 7 heteroatoms. The molecule has 0 aromatic heterocycles. The van der Waals surface area contributed by atoms with Gasteiger partial charge >= 0.3 is 0 Å². The smallest absolute Gasteiger partial charge is 0.260 e. The van der Waals surface area contributed by atoms with E-state index in [9.17, 15) is 9.59 Å². The van der Waals surface area contributed by atoms with Crippen molar-refractivity contribution in [3.63, 3.8) is 0 Å². The molecule has 2 atom stereocenters. The van der Waals surface area contributed by atoms with Crippen LogP contribution < -0.4 is 5.32 Å². The summed E-state index contributed by atoms with van der Waals surface area (Å²) in [7, 11) is 0. The predicted octanol–water partition coefficient (Wildman–Crippen LogP) is 6.37. The standard InChI is InChI=1S/C31H38ClN3O2S/c32-26-9-7-8-24(20-26)22-35-27-10-3-4-11-28(27)38-29(31(35)37)21-23-12-14-25(15-13-23)30(36)33-16-19-34-17-5-1-2-6-18-34/h7-9,12-15,20-21,27-28H,1-6,10-11,16-19,22H2,(H,33,36)/b29-21+. The van der Waals surface area contributed by atoms with Crippen molar-refractivity contribution in [2.24, 2.45) is 0 Å². The first-order valence-electron chi connectivity index (χ1n) is 14.1. The van der Waals surface area contributed by atoms with Gasteiger partial charge in [0.05, 0.1) is 4.91 Å². The molecule has 0 spiro atoms. The third kappa shape index (κ3) is 7.02. The Kier molecular flexibility index (Phi) is 9.47. The lowest BCUT2D eigenvalue weighted by Gasteiger charge is -2.44. The zero-order valence-corrected chi connectivity index (χ0v) is 23.6. The van der Waals surface area contributed by atoms with Crippen LogP contribution in [0.15, 0.2) is 53.4 Å². The van der Waals surface area contributed by atoms with E-state index in [4.69, 9.17) is 11.6 Å². The van der Waals surface area contributed by atoms with Crippen LogP contribution in [0.5, 0.6) is 0 Å². The number of fused-ring (bicyclic) bond motifs is 1. The minimum Gasteiger partial charge on any atom is -0.351 e. The summed E-state index contributed by atoms with van der Waals surface area (Å²) in [6.45, 7) is 4.42. The van der Waals surface area contributed by atoms with Crippen LogP contribution in [0.2, 0.25) is 5.02 Å². The first-order chi connectivity index (χ1) is 18.6. The average Bonchev–Trinajstić information content (AvgIpc) is 3.20. The van der Waals surface area contributed by atoms with E-state index in [2.05, 4.69) is 15.1 Å². The van der Waals surface area contributed by atoms with Crippen LogP contribution in [0.4, 0.5) is 0 Å². The zero-order valence-electron chi connectivity index (χ0n) is 22.0. The average molecular weight is 552 g/mol. The molecule has 202 valence electrons. The van der Waals surface area contributed by atoms with Gasteiger partial charge in [-0.1, -0.05) is 61.5 Å². The third-order valence-electron chi connectivity index (χ3n) is 7.94. The second-order valence-electron chi connectivity index (χ2n) is 10.7. The van der Waals surface area contributed by atoms with E-state index in [0.29, 0.717) is 28.9 Å². The molecule has 2 unspecified atom stereocenters. The van der Waals surface area contributed by atoms with Gasteiger partial charge in [-0.25, -0.2) is 0 Å². The highest BCUT2D eigenvalue weighted by molar-refractivity contribution is 8.04. The lowest BCUT2D eigenvalue weighted by molar-refractivity contribution is -0.130. The fourth-order valence-electron chi connectivity index (χ4n) is 5.87. The molecule has 1 N–H and O–H groups in total. The SMILES string of the molecule is O=C(NCCN1CCCCCC1)c1ccc(/C=C2/SC3CCCCC3N(Cc3cccc(Cl)c3)C2=O)cc1. The summed E-state index contributed by atoms with van der Waals surface area (Å²) in [5, 5.41) is 4.18. The van der Waals surface area contributed by atoms with E-state index in [0.717, 1.165) is 48.5 Å². The van der Waals surface area contributed by atoms with E-state index in [1.165, 1.54) is 38.5 Å². The number of carbonyl (C=O) groups excluding carboxylic acids is 2. The van der Waals surface area contributed by atoms with Crippen LogP contribution in [-0.4, -0.2) is 59.1 Å². The monoisotopic (exact) mass is 551 g/mol. The minimum absolute atomic E-state index is 0.0418. The Labute approximate surface area is 236 Å². The van der Waals surface area contributed by atoms with Gasteiger partial charge in [0.2, 0.25) is 0 Å². The summed E-state index contributed by atoms with van der Waals surface area (Å²) in [6, 6.07) is 15.7. The quantitative estimate of drug-likeness (QED) is 0.406. The molecule has 2 heterocycles. The molecule has 2 saturated heterocycles. The lowest BCUT2D eigenvalue weighted by Crippen LogP contribution is -2.50. The van der Waals surface area contributed by atoms with Crippen LogP contribution in [0, 0.1) is 0 Å². The molecule has 2 amide bonds. The van der Waals surface area contributed by atoms with Gasteiger partial charge in [0.15, 0.2) is 0 Å². The van der Waals surface area contributed by atoms with E-state index >= 15 is 0 Å². The fraction of sp³-hybridized carbons (Fsp3) is 0.484. The van der Waals surface area contributed by atoms with Gasteiger partial charge in [0.1, 0.15) is 0 Å². The molecule has 2 aromatic carbocycles. The predicted molar refractivity (Wildman–Crippen MR) is 157 cm³/mol. The van der Waals surface area contributed by atoms with Crippen molar-refractivity contribution < 1.29 is 9.59 Å². The van der Waals surface area contributed by atoms with Crippen molar-refractivity contribution in [2.45, 2.75) is 69.2 Å². The van der Waals surface area contributed by atoms with Crippen molar-refractivity contribution >= 4 is 41.3 Å². The first-order valence-corrected chi connectivity index (χ1v) is 15.4. The van der Waals surface area contributed by atoms with Crippen LogP contribution in [0.3, 0.4) is 0 Å². The molecule has 0 bridgehead atoms. The largest absolute Gasteiger partial charge is 0.351 e. The molecule has 1 saturated carbocycles. The highest BCUT2D eigenvalue weighted by Crippen LogP contribution is 2.42. The fourth-order valence-corrected chi connectivity index (χ4v) is 7.55. The second kappa shape index (κ2) is 13.2. The maximum atomic E-state index is 13.7. The van der Waals surface area contributed by atoms with Gasteiger partial charge in [0.25, 0.3) is 11.8 Å². The summed E-state index contributed by atoms with van der Waals surface area (Å²) in [4.78, 5) is 31.6. The third-order valence-corrected chi connectivity index (χ3v) is 9.58. The maximum Gasteiger partial charge on any atom is 0.260 e. The normalized spacial score (nSPS) is 23.7. The van der Waals surface area contributed by atoms with Crippen molar-refractivity contribution in [1.82, 2.24) is 15.1 Å².